The summed E-state index contributed by atoms with van der Waals surface area (Å²) >= 11 is 3.21. The second-order valence-electron chi connectivity index (χ2n) is 4.56. The summed E-state index contributed by atoms with van der Waals surface area (Å²) in [6.07, 6.45) is -4.99. The molecule has 0 aromatic heterocycles. The van der Waals surface area contributed by atoms with Gasteiger partial charge in [0, 0.05) is 4.47 Å². The number of sulfonamides is 1. The van der Waals surface area contributed by atoms with E-state index in [1.807, 2.05) is 0 Å². The third-order valence-electron chi connectivity index (χ3n) is 2.81. The minimum Gasteiger partial charge on any atom is -0.404 e. The van der Waals surface area contributed by atoms with Crippen LogP contribution in [0.4, 0.5) is 18.9 Å². The van der Waals surface area contributed by atoms with Crippen molar-refractivity contribution >= 4 is 31.6 Å². The fraction of sp³-hybridized carbons (Fsp3) is 0.143. The molecule has 4 nitrogen and oxygen atoms in total. The van der Waals surface area contributed by atoms with E-state index in [-0.39, 0.29) is 5.69 Å². The molecule has 9 heteroatoms. The van der Waals surface area contributed by atoms with E-state index < -0.39 is 27.0 Å². The Hall–Kier alpha value is -1.74. The highest BCUT2D eigenvalue weighted by Crippen LogP contribution is 2.31. The topological polar surface area (TPSA) is 55.4 Å². The Morgan fingerprint density at radius 1 is 1.13 bits per heavy atom. The molecule has 2 rings (SSSR count). The summed E-state index contributed by atoms with van der Waals surface area (Å²) in [5.41, 5.74) is 0.868. The number of anilines is 1. The van der Waals surface area contributed by atoms with E-state index in [4.69, 9.17) is 0 Å². The van der Waals surface area contributed by atoms with E-state index in [9.17, 15) is 21.6 Å². The number of para-hydroxylation sites is 1. The molecule has 0 amide bonds. The van der Waals surface area contributed by atoms with E-state index in [0.717, 1.165) is 12.1 Å². The van der Waals surface area contributed by atoms with Crippen LogP contribution in [0.25, 0.3) is 0 Å². The Kier molecular flexibility index (Phi) is 4.90. The van der Waals surface area contributed by atoms with E-state index >= 15 is 0 Å². The fourth-order valence-electron chi connectivity index (χ4n) is 1.79. The highest BCUT2D eigenvalue weighted by molar-refractivity contribution is 9.10. The number of aryl methyl sites for hydroxylation is 1. The maximum absolute atomic E-state index is 12.4. The van der Waals surface area contributed by atoms with Gasteiger partial charge in [-0.25, -0.2) is 8.42 Å². The molecule has 0 aliphatic rings. The molecule has 0 radical (unpaired) electrons. The number of rotatable bonds is 4. The minimum absolute atomic E-state index is 0.251. The van der Waals surface area contributed by atoms with Gasteiger partial charge < -0.3 is 4.74 Å². The Morgan fingerprint density at radius 3 is 2.43 bits per heavy atom. The van der Waals surface area contributed by atoms with Crippen molar-refractivity contribution in [3.05, 3.63) is 52.5 Å². The molecule has 0 saturated heterocycles. The number of hydrogen-bond acceptors (Lipinski definition) is 3. The van der Waals surface area contributed by atoms with E-state index in [0.29, 0.717) is 10.0 Å². The van der Waals surface area contributed by atoms with Crippen LogP contribution in [0.1, 0.15) is 5.56 Å². The standard InChI is InChI=1S/C14H11BrF3NO3S/c1-9-6-7-10(15)8-11(9)19-23(20,21)13-5-3-2-4-12(13)22-14(16,17)18/h2-8,19H,1H3. The molecule has 2 aromatic rings. The molecule has 0 atom stereocenters. The van der Waals surface area contributed by atoms with Crippen molar-refractivity contribution in [1.82, 2.24) is 0 Å². The van der Waals surface area contributed by atoms with Crippen LogP contribution in [0, 0.1) is 6.92 Å². The zero-order valence-electron chi connectivity index (χ0n) is 11.7. The summed E-state index contributed by atoms with van der Waals surface area (Å²) < 4.78 is 68.7. The maximum Gasteiger partial charge on any atom is 0.573 e. The van der Waals surface area contributed by atoms with Gasteiger partial charge in [-0.05, 0) is 36.8 Å². The smallest absolute Gasteiger partial charge is 0.404 e. The number of hydrogen-bond donors (Lipinski definition) is 1. The molecule has 0 unspecified atom stereocenters. The molecule has 0 heterocycles. The van der Waals surface area contributed by atoms with Crippen LogP contribution in [-0.4, -0.2) is 14.8 Å². The predicted molar refractivity (Wildman–Crippen MR) is 82.8 cm³/mol. The van der Waals surface area contributed by atoms with Gasteiger partial charge in [-0.1, -0.05) is 34.1 Å². The Labute approximate surface area is 139 Å². The first kappa shape index (κ1) is 17.6. The number of benzene rings is 2. The van der Waals surface area contributed by atoms with Crippen molar-refractivity contribution in [2.75, 3.05) is 4.72 Å². The average molecular weight is 410 g/mol. The first-order valence-electron chi connectivity index (χ1n) is 6.22. The van der Waals surface area contributed by atoms with E-state index in [1.54, 1.807) is 19.1 Å². The van der Waals surface area contributed by atoms with E-state index in [1.165, 1.54) is 18.2 Å². The first-order chi connectivity index (χ1) is 10.6. The van der Waals surface area contributed by atoms with Gasteiger partial charge in [-0.15, -0.1) is 13.2 Å². The summed E-state index contributed by atoms with van der Waals surface area (Å²) in [4.78, 5) is -0.600. The van der Waals surface area contributed by atoms with Crippen LogP contribution in [0.3, 0.4) is 0 Å². The molecule has 23 heavy (non-hydrogen) atoms. The second kappa shape index (κ2) is 6.40. The van der Waals surface area contributed by atoms with Crippen molar-refractivity contribution in [2.24, 2.45) is 0 Å². The van der Waals surface area contributed by atoms with Crippen molar-refractivity contribution in [3.8, 4) is 5.75 Å². The lowest BCUT2D eigenvalue weighted by atomic mass is 10.2. The maximum atomic E-state index is 12.4. The molecule has 0 aliphatic heterocycles. The number of alkyl halides is 3. The van der Waals surface area contributed by atoms with Crippen LogP contribution in [0.15, 0.2) is 51.8 Å². The highest BCUT2D eigenvalue weighted by Gasteiger charge is 2.34. The van der Waals surface area contributed by atoms with Gasteiger partial charge in [0.2, 0.25) is 0 Å². The lowest BCUT2D eigenvalue weighted by Crippen LogP contribution is -2.21. The van der Waals surface area contributed by atoms with Crippen LogP contribution in [0.2, 0.25) is 0 Å². The molecule has 1 N–H and O–H groups in total. The van der Waals surface area contributed by atoms with Gasteiger partial charge in [-0.2, -0.15) is 0 Å². The summed E-state index contributed by atoms with van der Waals surface area (Å²) in [6, 6.07) is 9.44. The average Bonchev–Trinajstić information content (AvgIpc) is 2.41. The van der Waals surface area contributed by atoms with Gasteiger partial charge in [0.1, 0.15) is 10.6 Å². The van der Waals surface area contributed by atoms with Crippen LogP contribution in [-0.2, 0) is 10.0 Å². The van der Waals surface area contributed by atoms with Gasteiger partial charge >= 0.3 is 6.36 Å². The molecular weight excluding hydrogens is 399 g/mol. The lowest BCUT2D eigenvalue weighted by Gasteiger charge is -2.15. The number of nitrogens with one attached hydrogen (secondary N) is 1. The summed E-state index contributed by atoms with van der Waals surface area (Å²) in [7, 11) is -4.25. The summed E-state index contributed by atoms with van der Waals surface area (Å²) in [5, 5.41) is 0. The molecule has 0 bridgehead atoms. The van der Waals surface area contributed by atoms with Gasteiger partial charge in [0.05, 0.1) is 5.69 Å². The van der Waals surface area contributed by atoms with Gasteiger partial charge in [0.15, 0.2) is 0 Å². The summed E-state index contributed by atoms with van der Waals surface area (Å²) in [5.74, 6) is -0.792. The third-order valence-corrected chi connectivity index (χ3v) is 4.71. The molecule has 124 valence electrons. The van der Waals surface area contributed by atoms with Crippen molar-refractivity contribution in [3.63, 3.8) is 0 Å². The fourth-order valence-corrected chi connectivity index (χ4v) is 3.40. The van der Waals surface area contributed by atoms with Gasteiger partial charge in [-0.3, -0.25) is 4.72 Å². The quantitative estimate of drug-likeness (QED) is 0.810. The lowest BCUT2D eigenvalue weighted by molar-refractivity contribution is -0.275. The molecule has 0 fully saturated rings. The van der Waals surface area contributed by atoms with Crippen LogP contribution >= 0.6 is 15.9 Å². The largest absolute Gasteiger partial charge is 0.573 e. The highest BCUT2D eigenvalue weighted by atomic mass is 79.9. The number of ether oxygens (including phenoxy) is 1. The SMILES string of the molecule is Cc1ccc(Br)cc1NS(=O)(=O)c1ccccc1OC(F)(F)F. The second-order valence-corrected chi connectivity index (χ2v) is 7.13. The molecule has 2 aromatic carbocycles. The minimum atomic E-state index is -4.99. The van der Waals surface area contributed by atoms with E-state index in [2.05, 4.69) is 25.4 Å². The Morgan fingerprint density at radius 2 is 1.78 bits per heavy atom. The van der Waals surface area contributed by atoms with Gasteiger partial charge in [0.25, 0.3) is 10.0 Å². The van der Waals surface area contributed by atoms with Crippen LogP contribution < -0.4 is 9.46 Å². The Bertz CT molecular complexity index is 822. The predicted octanol–water partition coefficient (Wildman–Crippen LogP) is 4.46. The zero-order valence-corrected chi connectivity index (χ0v) is 14.1. The van der Waals surface area contributed by atoms with Crippen molar-refractivity contribution in [2.45, 2.75) is 18.2 Å². The summed E-state index contributed by atoms with van der Waals surface area (Å²) in [6.45, 7) is 1.67. The molecule has 0 saturated carbocycles. The number of halogens is 4. The van der Waals surface area contributed by atoms with Crippen molar-refractivity contribution < 1.29 is 26.3 Å². The Balaban J connectivity index is 2.42. The molecule has 0 spiro atoms. The normalized spacial score (nSPS) is 12.0. The zero-order chi connectivity index (χ0) is 17.3. The monoisotopic (exact) mass is 409 g/mol. The van der Waals surface area contributed by atoms with Crippen molar-refractivity contribution in [1.29, 1.82) is 0 Å². The van der Waals surface area contributed by atoms with Crippen LogP contribution in [0.5, 0.6) is 5.75 Å². The molecule has 0 aliphatic carbocycles. The first-order valence-corrected chi connectivity index (χ1v) is 8.50. The third kappa shape index (κ3) is 4.61. The molecular formula is C14H11BrF3NO3S.